The summed E-state index contributed by atoms with van der Waals surface area (Å²) in [7, 11) is 1.72. The van der Waals surface area contributed by atoms with Gasteiger partial charge in [-0.05, 0) is 37.1 Å². The number of para-hydroxylation sites is 1. The number of carbonyl (C=O) groups is 1. The molecule has 0 aliphatic carbocycles. The third-order valence-corrected chi connectivity index (χ3v) is 9.93. The monoisotopic (exact) mass is 619 g/mol. The van der Waals surface area contributed by atoms with Crippen LogP contribution in [0.1, 0.15) is 87.8 Å². The van der Waals surface area contributed by atoms with Crippen LogP contribution in [0.4, 0.5) is 11.5 Å². The number of amides is 1. The van der Waals surface area contributed by atoms with E-state index in [1.165, 1.54) is 68.8 Å². The number of thiocarbonyl (C=S) groups is 1. The highest BCUT2D eigenvalue weighted by atomic mass is 32.2. The lowest BCUT2D eigenvalue weighted by Crippen LogP contribution is -2.48. The molecule has 7 nitrogen and oxygen atoms in total. The smallest absolute Gasteiger partial charge is 0.270 e. The summed E-state index contributed by atoms with van der Waals surface area (Å²) in [6, 6.07) is 12.4. The van der Waals surface area contributed by atoms with E-state index in [1.807, 2.05) is 24.3 Å². The first-order valence-electron chi connectivity index (χ1n) is 15.8. The van der Waals surface area contributed by atoms with Crippen molar-refractivity contribution < 1.29 is 4.79 Å². The second-order valence-electron chi connectivity index (χ2n) is 11.5. The zero-order valence-electron chi connectivity index (χ0n) is 25.9. The van der Waals surface area contributed by atoms with Gasteiger partial charge in [0, 0.05) is 51.0 Å². The number of thioether (sulfide) groups is 1. The molecule has 0 spiro atoms. The van der Waals surface area contributed by atoms with Gasteiger partial charge in [-0.2, -0.15) is 5.26 Å². The maximum atomic E-state index is 13.5. The Bertz CT molecular complexity index is 1400. The molecule has 0 radical (unpaired) electrons. The Hall–Kier alpha value is -3.09. The molecule has 3 heterocycles. The molecule has 230 valence electrons. The Morgan fingerprint density at radius 3 is 2.09 bits per heavy atom. The van der Waals surface area contributed by atoms with Crippen LogP contribution in [0.25, 0.3) is 6.08 Å². The maximum absolute atomic E-state index is 13.5. The number of hydrogen-bond donors (Lipinski definition) is 0. The second-order valence-corrected chi connectivity index (χ2v) is 13.2. The number of benzene rings is 1. The van der Waals surface area contributed by atoms with Crippen molar-refractivity contribution in [1.29, 1.82) is 5.26 Å². The van der Waals surface area contributed by atoms with Crippen LogP contribution in [-0.2, 0) is 11.8 Å². The fraction of sp³-hybridized carbons (Fsp3) is 0.529. The molecule has 0 saturated carbocycles. The molecule has 0 unspecified atom stereocenters. The Morgan fingerprint density at radius 1 is 0.907 bits per heavy atom. The van der Waals surface area contributed by atoms with Crippen LogP contribution in [0, 0.1) is 18.3 Å². The van der Waals surface area contributed by atoms with Crippen molar-refractivity contribution in [1.82, 2.24) is 9.47 Å². The van der Waals surface area contributed by atoms with E-state index in [0.717, 1.165) is 37.3 Å². The van der Waals surface area contributed by atoms with Crippen LogP contribution in [-0.4, -0.2) is 52.4 Å². The van der Waals surface area contributed by atoms with Gasteiger partial charge in [-0.1, -0.05) is 107 Å². The highest BCUT2D eigenvalue weighted by Crippen LogP contribution is 2.36. The molecule has 1 amide bonds. The van der Waals surface area contributed by atoms with Crippen molar-refractivity contribution >= 4 is 51.8 Å². The molecular formula is C34H45N5O2S2. The number of piperazine rings is 1. The molecule has 2 saturated heterocycles. The predicted molar refractivity (Wildman–Crippen MR) is 184 cm³/mol. The van der Waals surface area contributed by atoms with Crippen LogP contribution in [0.5, 0.6) is 0 Å². The van der Waals surface area contributed by atoms with E-state index in [4.69, 9.17) is 12.2 Å². The van der Waals surface area contributed by atoms with E-state index in [0.29, 0.717) is 34.4 Å². The Kier molecular flexibility index (Phi) is 12.3. The molecule has 2 aliphatic heterocycles. The lowest BCUT2D eigenvalue weighted by atomic mass is 10.0. The average molecular weight is 620 g/mol. The van der Waals surface area contributed by atoms with Crippen LogP contribution >= 0.6 is 24.0 Å². The van der Waals surface area contributed by atoms with Gasteiger partial charge in [0.2, 0.25) is 0 Å². The molecule has 2 fully saturated rings. The van der Waals surface area contributed by atoms with E-state index in [-0.39, 0.29) is 17.0 Å². The molecule has 43 heavy (non-hydrogen) atoms. The van der Waals surface area contributed by atoms with Crippen molar-refractivity contribution in [3.63, 3.8) is 0 Å². The zero-order chi connectivity index (χ0) is 30.8. The van der Waals surface area contributed by atoms with Crippen molar-refractivity contribution in [3.8, 4) is 6.07 Å². The summed E-state index contributed by atoms with van der Waals surface area (Å²) < 4.78 is 2.15. The summed E-state index contributed by atoms with van der Waals surface area (Å²) in [5, 5.41) is 9.82. The van der Waals surface area contributed by atoms with Gasteiger partial charge in [-0.25, -0.2) is 0 Å². The first-order chi connectivity index (χ1) is 20.9. The summed E-state index contributed by atoms with van der Waals surface area (Å²) in [6.07, 6.45) is 14.2. The highest BCUT2D eigenvalue weighted by molar-refractivity contribution is 8.26. The van der Waals surface area contributed by atoms with Gasteiger partial charge in [0.25, 0.3) is 11.5 Å². The van der Waals surface area contributed by atoms with Gasteiger partial charge in [0.1, 0.15) is 21.8 Å². The van der Waals surface area contributed by atoms with Gasteiger partial charge in [0.15, 0.2) is 0 Å². The van der Waals surface area contributed by atoms with Crippen LogP contribution in [0.15, 0.2) is 40.0 Å². The predicted octanol–water partition coefficient (Wildman–Crippen LogP) is 7.01. The molecule has 2 aliphatic rings. The van der Waals surface area contributed by atoms with E-state index in [1.54, 1.807) is 23.4 Å². The second kappa shape index (κ2) is 16.1. The van der Waals surface area contributed by atoms with Crippen LogP contribution < -0.4 is 15.4 Å². The molecule has 2 aromatic rings. The van der Waals surface area contributed by atoms with Gasteiger partial charge in [-0.3, -0.25) is 19.1 Å². The SMILES string of the molecule is CCCCCCCCCCCCN1C(=O)/C(=C\c2c(C)c(C#N)c(=O)n(C)c2N2CCN(c3ccccc3)CC2)SC1=S. The van der Waals surface area contributed by atoms with Crippen molar-refractivity contribution in [2.75, 3.05) is 42.5 Å². The zero-order valence-corrected chi connectivity index (χ0v) is 27.6. The number of carbonyl (C=O) groups excluding carboxylic acids is 1. The number of nitriles is 1. The number of nitrogens with zero attached hydrogens (tertiary/aromatic N) is 5. The molecular weight excluding hydrogens is 575 g/mol. The fourth-order valence-corrected chi connectivity index (χ4v) is 7.28. The summed E-state index contributed by atoms with van der Waals surface area (Å²) in [5.41, 5.74) is 2.32. The van der Waals surface area contributed by atoms with Gasteiger partial charge >= 0.3 is 0 Å². The summed E-state index contributed by atoms with van der Waals surface area (Å²) >= 11 is 6.95. The normalized spacial score (nSPS) is 16.4. The molecule has 0 bridgehead atoms. The highest BCUT2D eigenvalue weighted by Gasteiger charge is 2.33. The molecule has 1 aromatic heterocycles. The third-order valence-electron chi connectivity index (χ3n) is 8.55. The first kappa shape index (κ1) is 32.8. The van der Waals surface area contributed by atoms with E-state index < -0.39 is 0 Å². The van der Waals surface area contributed by atoms with Crippen molar-refractivity contribution in [3.05, 3.63) is 62.3 Å². The topological polar surface area (TPSA) is 72.6 Å². The Morgan fingerprint density at radius 2 is 1.49 bits per heavy atom. The minimum Gasteiger partial charge on any atom is -0.368 e. The van der Waals surface area contributed by atoms with Crippen molar-refractivity contribution in [2.45, 2.75) is 78.1 Å². The fourth-order valence-electron chi connectivity index (χ4n) is 5.99. The minimum absolute atomic E-state index is 0.0856. The lowest BCUT2D eigenvalue weighted by molar-refractivity contribution is -0.122. The molecule has 0 atom stereocenters. The van der Waals surface area contributed by atoms with Gasteiger partial charge < -0.3 is 9.80 Å². The standard InChI is InChI=1S/C34H45N5O2S2/c1-4-5-6-7-8-9-10-11-12-16-19-39-33(41)30(43-34(39)42)24-28-26(2)29(25-35)32(40)36(3)31(28)38-22-20-37(21-23-38)27-17-14-13-15-18-27/h13-15,17-18,24H,4-12,16,19-23H2,1-3H3/b30-24+. The molecule has 4 rings (SSSR count). The number of anilines is 2. The van der Waals surface area contributed by atoms with E-state index in [2.05, 4.69) is 34.9 Å². The van der Waals surface area contributed by atoms with Crippen LogP contribution in [0.2, 0.25) is 0 Å². The van der Waals surface area contributed by atoms with Gasteiger partial charge in [-0.15, -0.1) is 0 Å². The summed E-state index contributed by atoms with van der Waals surface area (Å²) in [5.74, 6) is 0.659. The van der Waals surface area contributed by atoms with Gasteiger partial charge in [0.05, 0.1) is 4.91 Å². The number of hydrogen-bond acceptors (Lipinski definition) is 7. The number of pyridine rings is 1. The Balaban J connectivity index is 1.45. The van der Waals surface area contributed by atoms with Crippen LogP contribution in [0.3, 0.4) is 0 Å². The largest absolute Gasteiger partial charge is 0.368 e. The summed E-state index contributed by atoms with van der Waals surface area (Å²) in [6.45, 7) is 7.72. The molecule has 9 heteroatoms. The maximum Gasteiger partial charge on any atom is 0.270 e. The number of aromatic nitrogens is 1. The number of rotatable bonds is 14. The third kappa shape index (κ3) is 8.10. The van der Waals surface area contributed by atoms with Crippen molar-refractivity contribution in [2.24, 2.45) is 7.05 Å². The minimum atomic E-state index is -0.314. The quantitative estimate of drug-likeness (QED) is 0.128. The summed E-state index contributed by atoms with van der Waals surface area (Å²) in [4.78, 5) is 33.5. The van der Waals surface area contributed by atoms with E-state index >= 15 is 0 Å². The Labute approximate surface area is 266 Å². The molecule has 0 N–H and O–H groups in total. The number of unbranched alkanes of at least 4 members (excludes halogenated alkanes) is 9. The van der Waals surface area contributed by atoms with E-state index in [9.17, 15) is 14.9 Å². The first-order valence-corrected chi connectivity index (χ1v) is 17.0. The lowest BCUT2D eigenvalue weighted by Gasteiger charge is -2.38. The molecule has 1 aromatic carbocycles. The average Bonchev–Trinajstić information content (AvgIpc) is 3.29.